The predicted molar refractivity (Wildman–Crippen MR) is 58.2 cm³/mol. The number of rotatable bonds is 2. The van der Waals surface area contributed by atoms with E-state index in [2.05, 4.69) is 0 Å². The molecule has 0 saturated heterocycles. The summed E-state index contributed by atoms with van der Waals surface area (Å²) in [5.74, 6) is 0. The minimum atomic E-state index is -4.06. The molecule has 0 bridgehead atoms. The van der Waals surface area contributed by atoms with Gasteiger partial charge in [0.25, 0.3) is 10.1 Å². The van der Waals surface area contributed by atoms with E-state index >= 15 is 0 Å². The van der Waals surface area contributed by atoms with Crippen molar-refractivity contribution in [2.75, 3.05) is 0 Å². The zero-order chi connectivity index (χ0) is 10.1. The van der Waals surface area contributed by atoms with E-state index in [0.717, 1.165) is 0 Å². The maximum absolute atomic E-state index is 11.0. The van der Waals surface area contributed by atoms with Crippen LogP contribution < -0.4 is 0 Å². The molecule has 74 valence electrons. The third-order valence-corrected chi connectivity index (χ3v) is 3.64. The molecule has 0 aliphatic carbocycles. The van der Waals surface area contributed by atoms with E-state index in [4.69, 9.17) is 4.55 Å². The third-order valence-electron chi connectivity index (χ3n) is 2.11. The molecular weight excluding hydrogens is 227 g/mol. The summed E-state index contributed by atoms with van der Waals surface area (Å²) in [5, 5.41) is 0. The van der Waals surface area contributed by atoms with Crippen molar-refractivity contribution in [3.05, 3.63) is 35.9 Å². The van der Waals surface area contributed by atoms with Crippen LogP contribution in [0.1, 0.15) is 19.4 Å². The van der Waals surface area contributed by atoms with Crippen LogP contribution in [-0.4, -0.2) is 64.4 Å². The summed E-state index contributed by atoms with van der Waals surface area (Å²) >= 11 is 0. The molecular formula is C9H13KO3S. The fraction of sp³-hybridized carbons (Fsp3) is 0.333. The summed E-state index contributed by atoms with van der Waals surface area (Å²) in [6, 6.07) is 8.62. The molecule has 1 N–H and O–H groups in total. The number of hydrogen-bond donors (Lipinski definition) is 1. The van der Waals surface area contributed by atoms with Crippen LogP contribution >= 0.6 is 0 Å². The van der Waals surface area contributed by atoms with Crippen LogP contribution in [0.4, 0.5) is 0 Å². The summed E-state index contributed by atoms with van der Waals surface area (Å²) in [6.45, 7) is 2.94. The van der Waals surface area contributed by atoms with E-state index in [-0.39, 0.29) is 51.4 Å². The molecule has 1 aromatic carbocycles. The summed E-state index contributed by atoms with van der Waals surface area (Å²) < 4.78 is 29.7. The Kier molecular flexibility index (Phi) is 5.49. The molecule has 0 fully saturated rings. The van der Waals surface area contributed by atoms with Gasteiger partial charge in [0.2, 0.25) is 0 Å². The minimum absolute atomic E-state index is 0. The summed E-state index contributed by atoms with van der Waals surface area (Å²) in [6.07, 6.45) is 0. The van der Waals surface area contributed by atoms with Crippen molar-refractivity contribution in [3.8, 4) is 0 Å². The normalized spacial score (nSPS) is 11.9. The molecule has 0 atom stereocenters. The Balaban J connectivity index is 0.00000169. The van der Waals surface area contributed by atoms with E-state index in [1.807, 2.05) is 0 Å². The molecule has 0 aliphatic heterocycles. The summed E-state index contributed by atoms with van der Waals surface area (Å²) in [4.78, 5) is 0. The number of benzene rings is 1. The van der Waals surface area contributed by atoms with E-state index in [1.165, 1.54) is 13.8 Å². The average molecular weight is 240 g/mol. The Labute approximate surface area is 127 Å². The monoisotopic (exact) mass is 240 g/mol. The van der Waals surface area contributed by atoms with Crippen molar-refractivity contribution < 1.29 is 13.0 Å². The van der Waals surface area contributed by atoms with Crippen molar-refractivity contribution in [2.24, 2.45) is 0 Å². The second-order valence-corrected chi connectivity index (χ2v) is 5.32. The van der Waals surface area contributed by atoms with Gasteiger partial charge in [0, 0.05) is 0 Å². The van der Waals surface area contributed by atoms with Crippen LogP contribution in [0.2, 0.25) is 0 Å². The van der Waals surface area contributed by atoms with Crippen molar-refractivity contribution in [1.29, 1.82) is 0 Å². The van der Waals surface area contributed by atoms with Crippen molar-refractivity contribution >= 4 is 61.5 Å². The summed E-state index contributed by atoms with van der Waals surface area (Å²) in [5.41, 5.74) is 0.581. The maximum atomic E-state index is 11.0. The van der Waals surface area contributed by atoms with Gasteiger partial charge in [-0.1, -0.05) is 30.3 Å². The molecule has 0 unspecified atom stereocenters. The van der Waals surface area contributed by atoms with Gasteiger partial charge in [-0.2, -0.15) is 8.42 Å². The van der Waals surface area contributed by atoms with Crippen molar-refractivity contribution in [3.63, 3.8) is 0 Å². The SMILES string of the molecule is CC(C)(c1ccccc1)S(=O)(=O)O.[KH]. The molecule has 0 radical (unpaired) electrons. The Bertz CT molecular complexity index is 384. The standard InChI is InChI=1S/C9H12O3S.K.H/c1-9(2,13(10,11)12)8-6-4-3-5-7-8;;/h3-7H,1-2H3,(H,10,11,12);;. The molecule has 0 aromatic heterocycles. The molecule has 0 saturated carbocycles. The average Bonchev–Trinajstić information content (AvgIpc) is 2.04. The second kappa shape index (κ2) is 5.20. The Morgan fingerprint density at radius 3 is 1.93 bits per heavy atom. The first-order valence-corrected chi connectivity index (χ1v) is 5.32. The summed E-state index contributed by atoms with van der Waals surface area (Å²) in [7, 11) is -4.06. The molecule has 1 rings (SSSR count). The van der Waals surface area contributed by atoms with E-state index in [1.54, 1.807) is 30.3 Å². The fourth-order valence-corrected chi connectivity index (χ4v) is 1.42. The van der Waals surface area contributed by atoms with Gasteiger partial charge in [-0.15, -0.1) is 0 Å². The van der Waals surface area contributed by atoms with Crippen LogP contribution in [0.3, 0.4) is 0 Å². The second-order valence-electron chi connectivity index (χ2n) is 3.35. The zero-order valence-electron chi connectivity index (χ0n) is 7.56. The molecule has 0 heterocycles. The van der Waals surface area contributed by atoms with Crippen LogP contribution in [0.15, 0.2) is 30.3 Å². The van der Waals surface area contributed by atoms with Crippen LogP contribution in [-0.2, 0) is 14.9 Å². The Morgan fingerprint density at radius 1 is 1.14 bits per heavy atom. The van der Waals surface area contributed by atoms with Crippen LogP contribution in [0.5, 0.6) is 0 Å². The molecule has 0 aliphatic rings. The van der Waals surface area contributed by atoms with Gasteiger partial charge in [-0.05, 0) is 19.4 Å². The van der Waals surface area contributed by atoms with Crippen molar-refractivity contribution in [2.45, 2.75) is 18.6 Å². The van der Waals surface area contributed by atoms with Crippen LogP contribution in [0, 0.1) is 0 Å². The molecule has 3 nitrogen and oxygen atoms in total. The molecule has 0 amide bonds. The van der Waals surface area contributed by atoms with Crippen molar-refractivity contribution in [1.82, 2.24) is 0 Å². The topological polar surface area (TPSA) is 54.4 Å². The van der Waals surface area contributed by atoms with Gasteiger partial charge in [0.1, 0.15) is 4.75 Å². The molecule has 14 heavy (non-hydrogen) atoms. The van der Waals surface area contributed by atoms with Gasteiger partial charge in [0.05, 0.1) is 0 Å². The molecule has 0 spiro atoms. The Morgan fingerprint density at radius 2 is 1.57 bits per heavy atom. The first-order chi connectivity index (χ1) is 5.86. The van der Waals surface area contributed by atoms with Crippen LogP contribution in [0.25, 0.3) is 0 Å². The molecule has 5 heteroatoms. The van der Waals surface area contributed by atoms with E-state index < -0.39 is 14.9 Å². The predicted octanol–water partition coefficient (Wildman–Crippen LogP) is 1.16. The fourth-order valence-electron chi connectivity index (χ4n) is 0.988. The Hall–Kier alpha value is 0.766. The van der Waals surface area contributed by atoms with Gasteiger partial charge in [-0.3, -0.25) is 4.55 Å². The van der Waals surface area contributed by atoms with Gasteiger partial charge < -0.3 is 0 Å². The number of hydrogen-bond acceptors (Lipinski definition) is 2. The van der Waals surface area contributed by atoms with Gasteiger partial charge in [0.15, 0.2) is 0 Å². The van der Waals surface area contributed by atoms with E-state index in [9.17, 15) is 8.42 Å². The first kappa shape index (κ1) is 14.8. The zero-order valence-corrected chi connectivity index (χ0v) is 8.38. The van der Waals surface area contributed by atoms with Gasteiger partial charge in [-0.25, -0.2) is 0 Å². The first-order valence-electron chi connectivity index (χ1n) is 3.88. The third kappa shape index (κ3) is 3.13. The molecule has 1 aromatic rings. The van der Waals surface area contributed by atoms with E-state index in [0.29, 0.717) is 5.56 Å². The quantitative estimate of drug-likeness (QED) is 0.623. The van der Waals surface area contributed by atoms with Gasteiger partial charge >= 0.3 is 51.4 Å².